The monoisotopic (exact) mass is 256 g/mol. The Balaban J connectivity index is 3.15. The first-order valence-corrected chi connectivity index (χ1v) is 6.40. The second-order valence-electron chi connectivity index (χ2n) is 3.91. The summed E-state index contributed by atoms with van der Waals surface area (Å²) < 4.78 is 14.5. The number of rotatable bonds is 10. The minimum absolute atomic E-state index is 0.194. The molecule has 0 aliphatic carbocycles. The minimum atomic E-state index is -0.194. The van der Waals surface area contributed by atoms with Crippen LogP contribution >= 0.6 is 0 Å². The molecule has 0 radical (unpaired) electrons. The second kappa shape index (κ2) is 14.0. The van der Waals surface area contributed by atoms with Crippen LogP contribution in [0.25, 0.3) is 0 Å². The van der Waals surface area contributed by atoms with E-state index in [1.54, 1.807) is 7.11 Å². The van der Waals surface area contributed by atoms with Gasteiger partial charge in [-0.2, -0.15) is 0 Å². The number of hydrogen-bond donors (Lipinski definition) is 0. The van der Waals surface area contributed by atoms with Gasteiger partial charge in [-0.05, 0) is 12.8 Å². The fraction of sp³-hybridized carbons (Fsp3) is 0.786. The van der Waals surface area contributed by atoms with E-state index in [2.05, 4.69) is 16.6 Å². The highest BCUT2D eigenvalue weighted by Gasteiger charge is 1.95. The smallest absolute Gasteiger partial charge is 0.306 e. The van der Waals surface area contributed by atoms with E-state index in [9.17, 15) is 4.79 Å². The van der Waals surface area contributed by atoms with Crippen LogP contribution in [0.1, 0.15) is 44.9 Å². The molecule has 0 heterocycles. The quantitative estimate of drug-likeness (QED) is 0.261. The average Bonchev–Trinajstić information content (AvgIpc) is 2.39. The van der Waals surface area contributed by atoms with Crippen molar-refractivity contribution in [3.05, 3.63) is 0 Å². The van der Waals surface area contributed by atoms with Crippen LogP contribution < -0.4 is 0 Å². The molecular weight excluding hydrogens is 232 g/mol. The van der Waals surface area contributed by atoms with Crippen LogP contribution in [-0.2, 0) is 19.0 Å². The molecule has 0 unspecified atom stereocenters. The molecule has 0 saturated heterocycles. The Kier molecular flexibility index (Phi) is 13.2. The van der Waals surface area contributed by atoms with E-state index in [1.807, 2.05) is 0 Å². The largest absolute Gasteiger partial charge is 0.469 e. The highest BCUT2D eigenvalue weighted by atomic mass is 16.7. The van der Waals surface area contributed by atoms with Gasteiger partial charge in [-0.15, -0.1) is 11.8 Å². The molecule has 0 aliphatic rings. The molecule has 0 aromatic rings. The number of carbonyl (C=O) groups excluding carboxylic acids is 1. The van der Waals surface area contributed by atoms with E-state index >= 15 is 0 Å². The molecular formula is C14H24O4. The fourth-order valence-corrected chi connectivity index (χ4v) is 1.36. The van der Waals surface area contributed by atoms with Crippen LogP contribution in [0.4, 0.5) is 0 Å². The topological polar surface area (TPSA) is 44.8 Å². The number of unbranched alkanes of at least 4 members (excludes halogenated alkanes) is 4. The standard InChI is InChI=1S/C14H24O4/c1-16-13-18-12-10-8-6-4-3-5-7-9-11-14(15)17-2/h3-4,6,8-13H2,1-2H3. The predicted octanol–water partition coefficient (Wildman–Crippen LogP) is 2.51. The third-order valence-corrected chi connectivity index (χ3v) is 2.35. The molecule has 0 amide bonds. The van der Waals surface area contributed by atoms with E-state index in [0.29, 0.717) is 19.6 Å². The van der Waals surface area contributed by atoms with Gasteiger partial charge < -0.3 is 14.2 Å². The first kappa shape index (κ1) is 16.9. The summed E-state index contributed by atoms with van der Waals surface area (Å²) in [6.07, 6.45) is 6.39. The van der Waals surface area contributed by atoms with Crippen LogP contribution in [0.5, 0.6) is 0 Å². The maximum absolute atomic E-state index is 10.8. The highest BCUT2D eigenvalue weighted by molar-refractivity contribution is 5.69. The van der Waals surface area contributed by atoms with Crippen molar-refractivity contribution in [3.63, 3.8) is 0 Å². The fourth-order valence-electron chi connectivity index (χ4n) is 1.36. The summed E-state index contributed by atoms with van der Waals surface area (Å²) in [6, 6.07) is 0. The Morgan fingerprint density at radius 2 is 1.72 bits per heavy atom. The van der Waals surface area contributed by atoms with Gasteiger partial charge in [0.1, 0.15) is 6.79 Å². The van der Waals surface area contributed by atoms with Crippen LogP contribution in [0, 0.1) is 11.8 Å². The number of ether oxygens (including phenoxy) is 3. The zero-order chi connectivity index (χ0) is 13.5. The van der Waals surface area contributed by atoms with Crippen molar-refractivity contribution in [2.45, 2.75) is 44.9 Å². The van der Waals surface area contributed by atoms with Crippen molar-refractivity contribution in [3.8, 4) is 11.8 Å². The third kappa shape index (κ3) is 13.0. The molecule has 0 aliphatic heterocycles. The van der Waals surface area contributed by atoms with Gasteiger partial charge >= 0.3 is 5.97 Å². The first-order valence-electron chi connectivity index (χ1n) is 6.40. The summed E-state index contributed by atoms with van der Waals surface area (Å²) in [4.78, 5) is 10.8. The predicted molar refractivity (Wildman–Crippen MR) is 69.9 cm³/mol. The van der Waals surface area contributed by atoms with Crippen LogP contribution in [0.2, 0.25) is 0 Å². The van der Waals surface area contributed by atoms with Gasteiger partial charge in [-0.25, -0.2) is 0 Å². The summed E-state index contributed by atoms with van der Waals surface area (Å²) >= 11 is 0. The van der Waals surface area contributed by atoms with E-state index in [0.717, 1.165) is 32.3 Å². The maximum Gasteiger partial charge on any atom is 0.306 e. The molecule has 4 heteroatoms. The summed E-state index contributed by atoms with van der Waals surface area (Å²) in [5.41, 5.74) is 0. The van der Waals surface area contributed by atoms with Gasteiger partial charge in [-0.3, -0.25) is 4.79 Å². The summed E-state index contributed by atoms with van der Waals surface area (Å²) in [6.45, 7) is 1.14. The summed E-state index contributed by atoms with van der Waals surface area (Å²) in [5, 5.41) is 0. The number of esters is 1. The third-order valence-electron chi connectivity index (χ3n) is 2.35. The molecule has 0 saturated carbocycles. The van der Waals surface area contributed by atoms with Crippen molar-refractivity contribution in [1.29, 1.82) is 0 Å². The average molecular weight is 256 g/mol. The van der Waals surface area contributed by atoms with Gasteiger partial charge in [0.2, 0.25) is 0 Å². The second-order valence-corrected chi connectivity index (χ2v) is 3.91. The first-order chi connectivity index (χ1) is 8.81. The van der Waals surface area contributed by atoms with Gasteiger partial charge in [0, 0.05) is 26.6 Å². The molecule has 0 fully saturated rings. The lowest BCUT2D eigenvalue weighted by Crippen LogP contribution is -1.98. The van der Waals surface area contributed by atoms with Crippen LogP contribution in [0.3, 0.4) is 0 Å². The van der Waals surface area contributed by atoms with Gasteiger partial charge in [0.15, 0.2) is 0 Å². The Morgan fingerprint density at radius 1 is 1.00 bits per heavy atom. The lowest BCUT2D eigenvalue weighted by Gasteiger charge is -2.01. The van der Waals surface area contributed by atoms with Crippen molar-refractivity contribution >= 4 is 5.97 Å². The number of methoxy groups -OCH3 is 2. The van der Waals surface area contributed by atoms with Crippen LogP contribution in [-0.4, -0.2) is 33.6 Å². The zero-order valence-corrected chi connectivity index (χ0v) is 11.5. The maximum atomic E-state index is 10.8. The van der Waals surface area contributed by atoms with Gasteiger partial charge in [-0.1, -0.05) is 12.8 Å². The summed E-state index contributed by atoms with van der Waals surface area (Å²) in [5.74, 6) is 5.85. The normalized spacial score (nSPS) is 9.67. The Labute approximate surface area is 110 Å². The Bertz CT molecular complexity index is 252. The van der Waals surface area contributed by atoms with Crippen molar-refractivity contribution < 1.29 is 19.0 Å². The molecule has 0 bridgehead atoms. The van der Waals surface area contributed by atoms with E-state index in [1.165, 1.54) is 13.5 Å². The number of hydrogen-bond acceptors (Lipinski definition) is 4. The summed E-state index contributed by atoms with van der Waals surface area (Å²) in [7, 11) is 3.02. The molecule has 0 aromatic carbocycles. The van der Waals surface area contributed by atoms with Crippen molar-refractivity contribution in [1.82, 2.24) is 0 Å². The molecule has 0 rings (SSSR count). The molecule has 4 nitrogen and oxygen atoms in total. The number of carbonyl (C=O) groups is 1. The lowest BCUT2D eigenvalue weighted by atomic mass is 10.1. The minimum Gasteiger partial charge on any atom is -0.469 e. The highest BCUT2D eigenvalue weighted by Crippen LogP contribution is 2.02. The van der Waals surface area contributed by atoms with Crippen molar-refractivity contribution in [2.24, 2.45) is 0 Å². The Morgan fingerprint density at radius 3 is 2.44 bits per heavy atom. The van der Waals surface area contributed by atoms with Crippen molar-refractivity contribution in [2.75, 3.05) is 27.6 Å². The molecule has 0 N–H and O–H groups in total. The molecule has 18 heavy (non-hydrogen) atoms. The van der Waals surface area contributed by atoms with Crippen LogP contribution in [0.15, 0.2) is 0 Å². The van der Waals surface area contributed by atoms with E-state index < -0.39 is 0 Å². The Hall–Kier alpha value is -1.05. The molecule has 0 atom stereocenters. The molecule has 0 aromatic heterocycles. The molecule has 0 spiro atoms. The zero-order valence-electron chi connectivity index (χ0n) is 11.5. The lowest BCUT2D eigenvalue weighted by molar-refractivity contribution is -0.140. The SMILES string of the molecule is COCOCCCCCCC#CCCC(=O)OC. The van der Waals surface area contributed by atoms with Gasteiger partial charge in [0.05, 0.1) is 13.5 Å². The van der Waals surface area contributed by atoms with E-state index in [-0.39, 0.29) is 5.97 Å². The van der Waals surface area contributed by atoms with Gasteiger partial charge in [0.25, 0.3) is 0 Å². The molecule has 104 valence electrons. The van der Waals surface area contributed by atoms with E-state index in [4.69, 9.17) is 9.47 Å².